The third-order valence-corrected chi connectivity index (χ3v) is 3.82. The first-order valence-electron chi connectivity index (χ1n) is 7.12. The molecule has 1 aromatic carbocycles. The number of halogens is 1. The topological polar surface area (TPSA) is 60.2 Å². The van der Waals surface area contributed by atoms with Crippen LogP contribution in [0.25, 0.3) is 0 Å². The van der Waals surface area contributed by atoms with Crippen molar-refractivity contribution in [2.75, 3.05) is 13.2 Å². The van der Waals surface area contributed by atoms with Crippen molar-refractivity contribution in [1.82, 2.24) is 15.5 Å². The van der Waals surface area contributed by atoms with E-state index in [9.17, 15) is 0 Å². The van der Waals surface area contributed by atoms with Crippen molar-refractivity contribution in [2.45, 2.75) is 31.8 Å². The summed E-state index contributed by atoms with van der Waals surface area (Å²) in [5, 5.41) is 8.34. The molecule has 0 unspecified atom stereocenters. The van der Waals surface area contributed by atoms with Crippen LogP contribution in [0.3, 0.4) is 0 Å². The van der Waals surface area contributed by atoms with Crippen molar-refractivity contribution in [2.24, 2.45) is 0 Å². The number of nitrogens with zero attached hydrogens (tertiary/aromatic N) is 2. The maximum absolute atomic E-state index is 5.97. The Balaban J connectivity index is 1.84. The van der Waals surface area contributed by atoms with Crippen LogP contribution < -0.4 is 5.32 Å². The Hall–Kier alpha value is -1.43. The van der Waals surface area contributed by atoms with Crippen LogP contribution in [0.2, 0.25) is 5.02 Å². The molecule has 0 spiro atoms. The van der Waals surface area contributed by atoms with Gasteiger partial charge in [0.05, 0.1) is 12.6 Å². The van der Waals surface area contributed by atoms with Crippen LogP contribution in [0.15, 0.2) is 28.8 Å². The second-order valence-corrected chi connectivity index (χ2v) is 5.67. The normalized spacial score (nSPS) is 20.4. The number of benzene rings is 1. The smallest absolute Gasteiger partial charge is 0.223 e. The van der Waals surface area contributed by atoms with Gasteiger partial charge in [0.2, 0.25) is 5.89 Å². The van der Waals surface area contributed by atoms with E-state index in [-0.39, 0.29) is 6.04 Å². The zero-order valence-corrected chi connectivity index (χ0v) is 12.6. The van der Waals surface area contributed by atoms with Gasteiger partial charge in [-0.15, -0.1) is 0 Å². The van der Waals surface area contributed by atoms with E-state index in [4.69, 9.17) is 20.9 Å². The molecule has 1 aliphatic heterocycles. The Morgan fingerprint density at radius 1 is 1.33 bits per heavy atom. The summed E-state index contributed by atoms with van der Waals surface area (Å²) in [6, 6.07) is 7.88. The molecule has 2 heterocycles. The fourth-order valence-corrected chi connectivity index (χ4v) is 2.64. The predicted octanol–water partition coefficient (Wildman–Crippen LogP) is 2.89. The van der Waals surface area contributed by atoms with E-state index in [1.165, 1.54) is 0 Å². The first-order chi connectivity index (χ1) is 10.2. The maximum atomic E-state index is 5.97. The molecule has 112 valence electrons. The van der Waals surface area contributed by atoms with Gasteiger partial charge in [-0.05, 0) is 30.5 Å². The molecule has 1 aromatic heterocycles. The number of aryl methyl sites for hydroxylation is 1. The second-order valence-electron chi connectivity index (χ2n) is 5.24. The Morgan fingerprint density at radius 2 is 2.14 bits per heavy atom. The first kappa shape index (κ1) is 14.5. The van der Waals surface area contributed by atoms with E-state index < -0.39 is 0 Å². The van der Waals surface area contributed by atoms with Gasteiger partial charge in [0.25, 0.3) is 0 Å². The molecule has 1 aliphatic rings. The molecule has 0 amide bonds. The van der Waals surface area contributed by atoms with Gasteiger partial charge in [-0.3, -0.25) is 5.32 Å². The minimum atomic E-state index is -0.119. The van der Waals surface area contributed by atoms with Crippen molar-refractivity contribution in [3.05, 3.63) is 46.6 Å². The molecule has 0 bridgehead atoms. The van der Waals surface area contributed by atoms with E-state index in [0.717, 1.165) is 25.0 Å². The Morgan fingerprint density at radius 3 is 2.76 bits per heavy atom. The molecule has 1 fully saturated rings. The highest BCUT2D eigenvalue weighted by Crippen LogP contribution is 2.23. The number of ether oxygens (including phenoxy) is 1. The molecule has 2 atom stereocenters. The van der Waals surface area contributed by atoms with Crippen LogP contribution in [0, 0.1) is 6.92 Å². The van der Waals surface area contributed by atoms with Crippen molar-refractivity contribution in [3.63, 3.8) is 0 Å². The standard InChI is InChI=1S/C15H18ClN3O2/c1-10-17-15(19-21-10)14(11-4-6-12(16)7-5-11)18-13-3-2-8-20-9-13/h4-7,13-14,18H,2-3,8-9H2,1H3/t13-,14+/m1/s1. The fraction of sp³-hybridized carbons (Fsp3) is 0.467. The molecule has 6 heteroatoms. The highest BCUT2D eigenvalue weighted by atomic mass is 35.5. The molecule has 0 saturated carbocycles. The summed E-state index contributed by atoms with van der Waals surface area (Å²) in [5.41, 5.74) is 1.06. The summed E-state index contributed by atoms with van der Waals surface area (Å²) in [6.45, 7) is 3.34. The van der Waals surface area contributed by atoms with Gasteiger partial charge in [-0.1, -0.05) is 28.9 Å². The molecule has 2 aromatic rings. The summed E-state index contributed by atoms with van der Waals surface area (Å²) >= 11 is 5.97. The first-order valence-corrected chi connectivity index (χ1v) is 7.49. The van der Waals surface area contributed by atoms with Gasteiger partial charge in [0.1, 0.15) is 0 Å². The van der Waals surface area contributed by atoms with Crippen molar-refractivity contribution >= 4 is 11.6 Å². The summed E-state index contributed by atoms with van der Waals surface area (Å²) in [6.07, 6.45) is 2.15. The number of rotatable bonds is 4. The van der Waals surface area contributed by atoms with Crippen molar-refractivity contribution < 1.29 is 9.26 Å². The molecule has 0 aliphatic carbocycles. The van der Waals surface area contributed by atoms with E-state index in [2.05, 4.69) is 15.5 Å². The average molecular weight is 308 g/mol. The minimum Gasteiger partial charge on any atom is -0.380 e. The lowest BCUT2D eigenvalue weighted by atomic mass is 10.0. The number of nitrogens with one attached hydrogen (secondary N) is 1. The highest BCUT2D eigenvalue weighted by Gasteiger charge is 2.24. The molecular weight excluding hydrogens is 290 g/mol. The summed E-state index contributed by atoms with van der Waals surface area (Å²) in [7, 11) is 0. The molecule has 1 N–H and O–H groups in total. The SMILES string of the molecule is Cc1nc([C@@H](N[C@@H]2CCCOC2)c2ccc(Cl)cc2)no1. The van der Waals surface area contributed by atoms with E-state index in [1.54, 1.807) is 6.92 Å². The fourth-order valence-electron chi connectivity index (χ4n) is 2.52. The maximum Gasteiger partial charge on any atom is 0.223 e. The summed E-state index contributed by atoms with van der Waals surface area (Å²) in [4.78, 5) is 4.36. The summed E-state index contributed by atoms with van der Waals surface area (Å²) in [5.74, 6) is 1.20. The van der Waals surface area contributed by atoms with E-state index >= 15 is 0 Å². The zero-order chi connectivity index (χ0) is 14.7. The number of aromatic nitrogens is 2. The van der Waals surface area contributed by atoms with E-state index in [0.29, 0.717) is 29.4 Å². The van der Waals surface area contributed by atoms with Crippen LogP contribution in [-0.4, -0.2) is 29.4 Å². The molecular formula is C15H18ClN3O2. The monoisotopic (exact) mass is 307 g/mol. The van der Waals surface area contributed by atoms with Crippen molar-refractivity contribution in [1.29, 1.82) is 0 Å². The van der Waals surface area contributed by atoms with Gasteiger partial charge < -0.3 is 9.26 Å². The molecule has 0 radical (unpaired) electrons. The lowest BCUT2D eigenvalue weighted by molar-refractivity contribution is 0.0675. The Bertz CT molecular complexity index is 579. The Labute approximate surface area is 128 Å². The minimum absolute atomic E-state index is 0.119. The van der Waals surface area contributed by atoms with Crippen molar-refractivity contribution in [3.8, 4) is 0 Å². The van der Waals surface area contributed by atoms with Gasteiger partial charge in [-0.25, -0.2) is 0 Å². The van der Waals surface area contributed by atoms with Gasteiger partial charge in [-0.2, -0.15) is 4.98 Å². The number of hydrogen-bond acceptors (Lipinski definition) is 5. The van der Waals surface area contributed by atoms with Crippen LogP contribution in [-0.2, 0) is 4.74 Å². The molecule has 5 nitrogen and oxygen atoms in total. The molecule has 21 heavy (non-hydrogen) atoms. The van der Waals surface area contributed by atoms with Gasteiger partial charge in [0.15, 0.2) is 5.82 Å². The van der Waals surface area contributed by atoms with Crippen LogP contribution >= 0.6 is 11.6 Å². The lowest BCUT2D eigenvalue weighted by Crippen LogP contribution is -2.39. The molecule has 1 saturated heterocycles. The predicted molar refractivity (Wildman–Crippen MR) is 79.3 cm³/mol. The van der Waals surface area contributed by atoms with Gasteiger partial charge >= 0.3 is 0 Å². The van der Waals surface area contributed by atoms with Crippen LogP contribution in [0.4, 0.5) is 0 Å². The second kappa shape index (κ2) is 6.56. The largest absolute Gasteiger partial charge is 0.380 e. The summed E-state index contributed by atoms with van der Waals surface area (Å²) < 4.78 is 10.7. The molecule has 3 rings (SSSR count). The zero-order valence-electron chi connectivity index (χ0n) is 11.9. The lowest BCUT2D eigenvalue weighted by Gasteiger charge is -2.27. The third kappa shape index (κ3) is 3.61. The van der Waals surface area contributed by atoms with Gasteiger partial charge in [0, 0.05) is 24.6 Å². The van der Waals surface area contributed by atoms with Crippen LogP contribution in [0.1, 0.15) is 36.2 Å². The highest BCUT2D eigenvalue weighted by molar-refractivity contribution is 6.30. The number of hydrogen-bond donors (Lipinski definition) is 1. The third-order valence-electron chi connectivity index (χ3n) is 3.57. The average Bonchev–Trinajstić information content (AvgIpc) is 2.93. The van der Waals surface area contributed by atoms with E-state index in [1.807, 2.05) is 24.3 Å². The Kier molecular flexibility index (Phi) is 4.53. The van der Waals surface area contributed by atoms with Crippen LogP contribution in [0.5, 0.6) is 0 Å². The quantitative estimate of drug-likeness (QED) is 0.941.